The number of ether oxygens (including phenoxy) is 1. The Morgan fingerprint density at radius 2 is 2.21 bits per heavy atom. The summed E-state index contributed by atoms with van der Waals surface area (Å²) in [5.41, 5.74) is 4.68. The third-order valence-electron chi connectivity index (χ3n) is 2.97. The smallest absolute Gasteiger partial charge is 0.268 e. The lowest BCUT2D eigenvalue weighted by molar-refractivity contribution is 0.0953. The van der Waals surface area contributed by atoms with Crippen LogP contribution in [0.15, 0.2) is 34.9 Å². The van der Waals surface area contributed by atoms with Gasteiger partial charge in [0.15, 0.2) is 0 Å². The van der Waals surface area contributed by atoms with Crippen LogP contribution in [0, 0.1) is 13.8 Å². The minimum Gasteiger partial charge on any atom is -0.485 e. The van der Waals surface area contributed by atoms with Crippen LogP contribution in [-0.2, 0) is 6.61 Å². The number of nitrogen functional groups attached to an aromatic ring is 1. The van der Waals surface area contributed by atoms with Gasteiger partial charge in [-0.15, -0.1) is 0 Å². The molecule has 0 spiro atoms. The molecule has 0 bridgehead atoms. The number of benzene rings is 1. The summed E-state index contributed by atoms with van der Waals surface area (Å²) < 4.78 is 10.9. The van der Waals surface area contributed by atoms with Crippen molar-refractivity contribution in [3.8, 4) is 5.75 Å². The molecular formula is C14H16N2O3. The zero-order chi connectivity index (χ0) is 13.8. The van der Waals surface area contributed by atoms with Crippen LogP contribution in [0.1, 0.15) is 27.2 Å². The number of hydrazine groups is 1. The second kappa shape index (κ2) is 5.58. The number of rotatable bonds is 4. The molecule has 1 amide bonds. The van der Waals surface area contributed by atoms with Crippen LogP contribution in [0.2, 0.25) is 0 Å². The lowest BCUT2D eigenvalue weighted by atomic mass is 10.1. The Morgan fingerprint density at radius 1 is 1.42 bits per heavy atom. The molecule has 0 fully saturated rings. The summed E-state index contributed by atoms with van der Waals surface area (Å²) in [6.07, 6.45) is 1.35. The standard InChI is InChI=1S/C14H16N2O3/c1-9-4-3-5-13(10(9)2)19-8-12-6-11(7-18-12)14(17)16-15/h3-7H,8,15H2,1-2H3,(H,16,17). The first-order valence-electron chi connectivity index (χ1n) is 5.89. The molecule has 19 heavy (non-hydrogen) atoms. The molecule has 0 unspecified atom stereocenters. The molecule has 1 heterocycles. The predicted molar refractivity (Wildman–Crippen MR) is 70.6 cm³/mol. The molecule has 0 saturated heterocycles. The van der Waals surface area contributed by atoms with E-state index in [9.17, 15) is 4.79 Å². The van der Waals surface area contributed by atoms with Gasteiger partial charge >= 0.3 is 0 Å². The predicted octanol–water partition coefficient (Wildman–Crippen LogP) is 2.08. The number of aryl methyl sites for hydroxylation is 1. The van der Waals surface area contributed by atoms with E-state index in [0.29, 0.717) is 11.3 Å². The van der Waals surface area contributed by atoms with E-state index in [1.165, 1.54) is 11.8 Å². The maximum absolute atomic E-state index is 11.3. The summed E-state index contributed by atoms with van der Waals surface area (Å²) in [5, 5.41) is 0. The van der Waals surface area contributed by atoms with Crippen LogP contribution in [0.3, 0.4) is 0 Å². The highest BCUT2D eigenvalue weighted by molar-refractivity contribution is 5.93. The van der Waals surface area contributed by atoms with Gasteiger partial charge in [0, 0.05) is 0 Å². The zero-order valence-electron chi connectivity index (χ0n) is 10.9. The fourth-order valence-electron chi connectivity index (χ4n) is 1.69. The van der Waals surface area contributed by atoms with E-state index in [2.05, 4.69) is 0 Å². The molecule has 2 aromatic rings. The summed E-state index contributed by atoms with van der Waals surface area (Å²) in [6, 6.07) is 7.47. The molecule has 1 aromatic carbocycles. The highest BCUT2D eigenvalue weighted by atomic mass is 16.5. The van der Waals surface area contributed by atoms with E-state index in [4.69, 9.17) is 15.0 Å². The molecular weight excluding hydrogens is 244 g/mol. The SMILES string of the molecule is Cc1cccc(OCc2cc(C(=O)NN)co2)c1C. The second-order valence-corrected chi connectivity index (χ2v) is 4.26. The zero-order valence-corrected chi connectivity index (χ0v) is 10.9. The van der Waals surface area contributed by atoms with Crippen molar-refractivity contribution in [3.05, 3.63) is 53.0 Å². The van der Waals surface area contributed by atoms with Crippen LogP contribution < -0.4 is 16.0 Å². The first kappa shape index (κ1) is 13.2. The Morgan fingerprint density at radius 3 is 2.95 bits per heavy atom. The van der Waals surface area contributed by atoms with E-state index >= 15 is 0 Å². The maximum Gasteiger partial charge on any atom is 0.268 e. The Labute approximate surface area is 111 Å². The van der Waals surface area contributed by atoms with Crippen molar-refractivity contribution in [2.75, 3.05) is 0 Å². The Balaban J connectivity index is 2.04. The van der Waals surface area contributed by atoms with Crippen molar-refractivity contribution in [2.45, 2.75) is 20.5 Å². The molecule has 3 N–H and O–H groups in total. The summed E-state index contributed by atoms with van der Waals surface area (Å²) >= 11 is 0. The minimum absolute atomic E-state index is 0.266. The van der Waals surface area contributed by atoms with Gasteiger partial charge in [0.05, 0.1) is 5.56 Å². The van der Waals surface area contributed by atoms with Crippen molar-refractivity contribution in [1.29, 1.82) is 0 Å². The molecule has 0 saturated carbocycles. The van der Waals surface area contributed by atoms with Gasteiger partial charge in [-0.05, 0) is 37.1 Å². The number of carbonyl (C=O) groups excluding carboxylic acids is 1. The summed E-state index contributed by atoms with van der Waals surface area (Å²) in [6.45, 7) is 4.29. The average Bonchev–Trinajstić information content (AvgIpc) is 2.88. The molecule has 5 heteroatoms. The molecule has 5 nitrogen and oxygen atoms in total. The van der Waals surface area contributed by atoms with Crippen LogP contribution in [0.25, 0.3) is 0 Å². The van der Waals surface area contributed by atoms with Gasteiger partial charge in [-0.3, -0.25) is 10.2 Å². The second-order valence-electron chi connectivity index (χ2n) is 4.26. The van der Waals surface area contributed by atoms with Crippen LogP contribution >= 0.6 is 0 Å². The van der Waals surface area contributed by atoms with E-state index in [-0.39, 0.29) is 12.5 Å². The number of carbonyl (C=O) groups is 1. The van der Waals surface area contributed by atoms with Gasteiger partial charge in [-0.1, -0.05) is 12.1 Å². The summed E-state index contributed by atoms with van der Waals surface area (Å²) in [7, 11) is 0. The number of amides is 1. The molecule has 0 aliphatic rings. The lowest BCUT2D eigenvalue weighted by Crippen LogP contribution is -2.29. The highest BCUT2D eigenvalue weighted by Gasteiger charge is 2.09. The largest absolute Gasteiger partial charge is 0.485 e. The van der Waals surface area contributed by atoms with Crippen molar-refractivity contribution < 1.29 is 13.9 Å². The van der Waals surface area contributed by atoms with Gasteiger partial charge in [-0.2, -0.15) is 0 Å². The van der Waals surface area contributed by atoms with Gasteiger partial charge < -0.3 is 9.15 Å². The van der Waals surface area contributed by atoms with Gasteiger partial charge in [0.2, 0.25) is 0 Å². The van der Waals surface area contributed by atoms with Crippen molar-refractivity contribution in [3.63, 3.8) is 0 Å². The van der Waals surface area contributed by atoms with E-state index in [1.54, 1.807) is 6.07 Å². The average molecular weight is 260 g/mol. The Kier molecular flexibility index (Phi) is 3.87. The Hall–Kier alpha value is -2.27. The van der Waals surface area contributed by atoms with Crippen LogP contribution in [-0.4, -0.2) is 5.91 Å². The quantitative estimate of drug-likeness (QED) is 0.501. The fraction of sp³-hybridized carbons (Fsp3) is 0.214. The van der Waals surface area contributed by atoms with Crippen LogP contribution in [0.4, 0.5) is 0 Å². The molecule has 0 aliphatic carbocycles. The fourth-order valence-corrected chi connectivity index (χ4v) is 1.69. The lowest BCUT2D eigenvalue weighted by Gasteiger charge is -2.09. The summed E-state index contributed by atoms with van der Waals surface area (Å²) in [4.78, 5) is 11.3. The van der Waals surface area contributed by atoms with E-state index in [1.807, 2.05) is 37.5 Å². The van der Waals surface area contributed by atoms with Crippen molar-refractivity contribution in [1.82, 2.24) is 5.43 Å². The summed E-state index contributed by atoms with van der Waals surface area (Å²) in [5.74, 6) is 6.03. The monoisotopic (exact) mass is 260 g/mol. The van der Waals surface area contributed by atoms with Crippen molar-refractivity contribution >= 4 is 5.91 Å². The number of hydrogen-bond acceptors (Lipinski definition) is 4. The number of furan rings is 1. The number of nitrogens with two attached hydrogens (primary N) is 1. The third-order valence-corrected chi connectivity index (χ3v) is 2.97. The first-order valence-corrected chi connectivity index (χ1v) is 5.89. The third kappa shape index (κ3) is 2.95. The molecule has 2 rings (SSSR count). The van der Waals surface area contributed by atoms with E-state index < -0.39 is 0 Å². The molecule has 0 aliphatic heterocycles. The normalized spacial score (nSPS) is 10.3. The molecule has 0 atom stereocenters. The highest BCUT2D eigenvalue weighted by Crippen LogP contribution is 2.22. The van der Waals surface area contributed by atoms with Gasteiger partial charge in [-0.25, -0.2) is 5.84 Å². The topological polar surface area (TPSA) is 77.5 Å². The minimum atomic E-state index is -0.387. The first-order chi connectivity index (χ1) is 9.11. The molecule has 1 aromatic heterocycles. The Bertz CT molecular complexity index is 590. The number of hydrogen-bond donors (Lipinski definition) is 2. The van der Waals surface area contributed by atoms with E-state index in [0.717, 1.165) is 11.3 Å². The molecule has 100 valence electrons. The number of nitrogens with one attached hydrogen (secondary N) is 1. The van der Waals surface area contributed by atoms with Crippen LogP contribution in [0.5, 0.6) is 5.75 Å². The maximum atomic E-state index is 11.3. The van der Waals surface area contributed by atoms with Gasteiger partial charge in [0.25, 0.3) is 5.91 Å². The van der Waals surface area contributed by atoms with Gasteiger partial charge in [0.1, 0.15) is 24.4 Å². The van der Waals surface area contributed by atoms with Crippen molar-refractivity contribution in [2.24, 2.45) is 5.84 Å². The molecule has 0 radical (unpaired) electrons.